The number of amidine groups is 1. The zero-order chi connectivity index (χ0) is 12.4. The zero-order valence-corrected chi connectivity index (χ0v) is 11.7. The molecule has 0 bridgehead atoms. The molecule has 0 amide bonds. The standard InChI is InChI=1S/C13H23N3OS/c17-18(9-10-5-3-4-8-14-10)13-15-11-6-1-2-7-12(11)16-13/h10-12,14H,1-9H2,(H,15,16). The van der Waals surface area contributed by atoms with E-state index in [1.165, 1.54) is 38.5 Å². The molecule has 3 rings (SSSR count). The Morgan fingerprint density at radius 1 is 1.17 bits per heavy atom. The highest BCUT2D eigenvalue weighted by atomic mass is 32.2. The van der Waals surface area contributed by atoms with Gasteiger partial charge < -0.3 is 10.6 Å². The van der Waals surface area contributed by atoms with Crippen LogP contribution in [0.25, 0.3) is 0 Å². The van der Waals surface area contributed by atoms with Crippen molar-refractivity contribution in [2.45, 2.75) is 63.1 Å². The van der Waals surface area contributed by atoms with Gasteiger partial charge in [0.05, 0.1) is 22.9 Å². The summed E-state index contributed by atoms with van der Waals surface area (Å²) in [6.45, 7) is 1.08. The van der Waals surface area contributed by atoms with Gasteiger partial charge in [-0.1, -0.05) is 19.3 Å². The first-order valence-corrected chi connectivity index (χ1v) is 8.61. The Hall–Kier alpha value is -0.420. The molecule has 0 aromatic carbocycles. The van der Waals surface area contributed by atoms with Gasteiger partial charge >= 0.3 is 0 Å². The van der Waals surface area contributed by atoms with Crippen molar-refractivity contribution >= 4 is 16.0 Å². The quantitative estimate of drug-likeness (QED) is 0.790. The first-order chi connectivity index (χ1) is 8.83. The van der Waals surface area contributed by atoms with Crippen LogP contribution in [-0.2, 0) is 10.8 Å². The number of nitrogens with one attached hydrogen (secondary N) is 2. The fourth-order valence-electron chi connectivity index (χ4n) is 3.23. The smallest absolute Gasteiger partial charge is 0.188 e. The lowest BCUT2D eigenvalue weighted by Crippen LogP contribution is -2.42. The molecule has 3 aliphatic rings. The van der Waals surface area contributed by atoms with Gasteiger partial charge in [-0.05, 0) is 32.2 Å². The summed E-state index contributed by atoms with van der Waals surface area (Å²) in [4.78, 5) is 4.65. The molecule has 1 saturated heterocycles. The Labute approximate surface area is 111 Å². The highest BCUT2D eigenvalue weighted by Gasteiger charge is 2.33. The van der Waals surface area contributed by atoms with Crippen LogP contribution in [0.1, 0.15) is 44.9 Å². The van der Waals surface area contributed by atoms with Crippen molar-refractivity contribution in [1.29, 1.82) is 0 Å². The fraction of sp³-hybridized carbons (Fsp3) is 0.923. The van der Waals surface area contributed by atoms with Gasteiger partial charge in [0.25, 0.3) is 0 Å². The number of piperidine rings is 1. The molecule has 0 aromatic heterocycles. The van der Waals surface area contributed by atoms with Crippen LogP contribution >= 0.6 is 0 Å². The lowest BCUT2D eigenvalue weighted by molar-refractivity contribution is 0.385. The molecule has 2 fully saturated rings. The van der Waals surface area contributed by atoms with E-state index in [1.54, 1.807) is 0 Å². The zero-order valence-electron chi connectivity index (χ0n) is 10.9. The molecule has 2 aliphatic heterocycles. The van der Waals surface area contributed by atoms with Gasteiger partial charge in [0.1, 0.15) is 0 Å². The lowest BCUT2D eigenvalue weighted by Gasteiger charge is -2.24. The molecule has 4 unspecified atom stereocenters. The maximum absolute atomic E-state index is 12.3. The number of fused-ring (bicyclic) bond motifs is 1. The number of hydrogen-bond donors (Lipinski definition) is 2. The van der Waals surface area contributed by atoms with Crippen molar-refractivity contribution in [1.82, 2.24) is 10.6 Å². The van der Waals surface area contributed by atoms with Crippen LogP contribution in [0, 0.1) is 0 Å². The van der Waals surface area contributed by atoms with E-state index in [2.05, 4.69) is 15.6 Å². The van der Waals surface area contributed by atoms with Gasteiger partial charge in [-0.3, -0.25) is 9.20 Å². The Bertz CT molecular complexity index is 352. The Balaban J connectivity index is 1.56. The van der Waals surface area contributed by atoms with E-state index in [0.717, 1.165) is 23.9 Å². The van der Waals surface area contributed by atoms with Crippen LogP contribution in [-0.4, -0.2) is 39.8 Å². The molecular formula is C13H23N3OS. The third-order valence-corrected chi connectivity index (χ3v) is 5.66. The van der Waals surface area contributed by atoms with Crippen LogP contribution in [0.5, 0.6) is 0 Å². The average molecular weight is 269 g/mol. The molecule has 1 aliphatic carbocycles. The summed E-state index contributed by atoms with van der Waals surface area (Å²) in [5.41, 5.74) is 0. The largest absolute Gasteiger partial charge is 0.358 e. The van der Waals surface area contributed by atoms with E-state index in [1.807, 2.05) is 0 Å². The molecule has 4 atom stereocenters. The summed E-state index contributed by atoms with van der Waals surface area (Å²) in [6.07, 6.45) is 8.60. The van der Waals surface area contributed by atoms with Crippen LogP contribution < -0.4 is 10.6 Å². The van der Waals surface area contributed by atoms with E-state index < -0.39 is 10.8 Å². The minimum atomic E-state index is -0.933. The molecule has 2 N–H and O–H groups in total. The first kappa shape index (κ1) is 12.6. The van der Waals surface area contributed by atoms with Gasteiger partial charge in [0.15, 0.2) is 5.17 Å². The number of aliphatic imine (C=N–C) groups is 1. The number of nitrogens with zero attached hydrogens (tertiary/aromatic N) is 1. The van der Waals surface area contributed by atoms with Crippen molar-refractivity contribution in [2.75, 3.05) is 12.3 Å². The summed E-state index contributed by atoms with van der Waals surface area (Å²) in [5.74, 6) is 0.727. The van der Waals surface area contributed by atoms with Crippen LogP contribution in [0.4, 0.5) is 0 Å². The third-order valence-electron chi connectivity index (χ3n) is 4.30. The normalized spacial score (nSPS) is 37.6. The van der Waals surface area contributed by atoms with Crippen LogP contribution in [0.3, 0.4) is 0 Å². The molecule has 0 aromatic rings. The molecule has 2 heterocycles. The molecule has 0 spiro atoms. The van der Waals surface area contributed by atoms with Gasteiger partial charge in [0, 0.05) is 11.8 Å². The van der Waals surface area contributed by atoms with E-state index in [-0.39, 0.29) is 0 Å². The summed E-state index contributed by atoms with van der Waals surface area (Å²) in [7, 11) is -0.933. The van der Waals surface area contributed by atoms with Crippen molar-refractivity contribution in [3.05, 3.63) is 0 Å². The van der Waals surface area contributed by atoms with Crippen molar-refractivity contribution in [3.8, 4) is 0 Å². The van der Waals surface area contributed by atoms with Crippen molar-refractivity contribution in [2.24, 2.45) is 4.99 Å². The monoisotopic (exact) mass is 269 g/mol. The van der Waals surface area contributed by atoms with E-state index in [4.69, 9.17) is 0 Å². The second-order valence-electron chi connectivity index (χ2n) is 5.70. The highest BCUT2D eigenvalue weighted by Crippen LogP contribution is 2.25. The average Bonchev–Trinajstić information content (AvgIpc) is 2.84. The van der Waals surface area contributed by atoms with Gasteiger partial charge in [-0.2, -0.15) is 0 Å². The fourth-order valence-corrected chi connectivity index (χ4v) is 4.58. The summed E-state index contributed by atoms with van der Waals surface area (Å²) >= 11 is 0. The second-order valence-corrected chi connectivity index (χ2v) is 7.11. The van der Waals surface area contributed by atoms with Gasteiger partial charge in [-0.25, -0.2) is 0 Å². The number of rotatable bonds is 2. The maximum Gasteiger partial charge on any atom is 0.188 e. The summed E-state index contributed by atoms with van der Waals surface area (Å²) in [5, 5.41) is 7.64. The molecule has 18 heavy (non-hydrogen) atoms. The SMILES string of the molecule is O=S(CC1CCCCN1)C1=NC2CCCCC2N1. The summed E-state index contributed by atoms with van der Waals surface area (Å²) in [6, 6.07) is 1.29. The summed E-state index contributed by atoms with van der Waals surface area (Å²) < 4.78 is 12.3. The molecule has 4 nitrogen and oxygen atoms in total. The first-order valence-electron chi connectivity index (χ1n) is 7.29. The molecule has 102 valence electrons. The second kappa shape index (κ2) is 5.70. The maximum atomic E-state index is 12.3. The Morgan fingerprint density at radius 2 is 2.00 bits per heavy atom. The van der Waals surface area contributed by atoms with Gasteiger partial charge in [-0.15, -0.1) is 0 Å². The third kappa shape index (κ3) is 2.77. The lowest BCUT2D eigenvalue weighted by atomic mass is 9.92. The Kier molecular flexibility index (Phi) is 3.99. The topological polar surface area (TPSA) is 53.5 Å². The van der Waals surface area contributed by atoms with Crippen molar-refractivity contribution in [3.63, 3.8) is 0 Å². The van der Waals surface area contributed by atoms with Crippen molar-refractivity contribution < 1.29 is 4.21 Å². The van der Waals surface area contributed by atoms with Gasteiger partial charge in [0.2, 0.25) is 0 Å². The van der Waals surface area contributed by atoms with E-state index in [9.17, 15) is 4.21 Å². The van der Waals surface area contributed by atoms with E-state index in [0.29, 0.717) is 18.1 Å². The van der Waals surface area contributed by atoms with E-state index >= 15 is 0 Å². The predicted molar refractivity (Wildman–Crippen MR) is 75.3 cm³/mol. The molecule has 0 radical (unpaired) electrons. The molecule has 5 heteroatoms. The van der Waals surface area contributed by atoms with Crippen LogP contribution in [0.2, 0.25) is 0 Å². The molecule has 1 saturated carbocycles. The number of hydrogen-bond acceptors (Lipinski definition) is 4. The molecular weight excluding hydrogens is 246 g/mol. The Morgan fingerprint density at radius 3 is 2.78 bits per heavy atom. The highest BCUT2D eigenvalue weighted by molar-refractivity contribution is 8.00. The van der Waals surface area contributed by atoms with Crippen LogP contribution in [0.15, 0.2) is 4.99 Å². The minimum Gasteiger partial charge on any atom is -0.358 e. The predicted octanol–water partition coefficient (Wildman–Crippen LogP) is 1.15. The minimum absolute atomic E-state index is 0.400.